The van der Waals surface area contributed by atoms with E-state index in [2.05, 4.69) is 5.32 Å². The molecule has 2 amide bonds. The first kappa shape index (κ1) is 14.9. The van der Waals surface area contributed by atoms with Crippen molar-refractivity contribution in [3.8, 4) is 0 Å². The number of carbonyl (C=O) groups is 2. The van der Waals surface area contributed by atoms with Gasteiger partial charge in [-0.25, -0.2) is 0 Å². The molecule has 3 N–H and O–H groups in total. The minimum Gasteiger partial charge on any atom is -0.449 e. The monoisotopic (exact) mass is 320 g/mol. The van der Waals surface area contributed by atoms with Gasteiger partial charge in [0, 0.05) is 11.4 Å². The van der Waals surface area contributed by atoms with Gasteiger partial charge >= 0.3 is 0 Å². The molecule has 0 spiro atoms. The largest absolute Gasteiger partial charge is 0.449 e. The minimum absolute atomic E-state index is 0.192. The first-order valence-electron chi connectivity index (χ1n) is 7.34. The van der Waals surface area contributed by atoms with Crippen molar-refractivity contribution in [2.45, 2.75) is 31.7 Å². The van der Waals surface area contributed by atoms with Crippen LogP contribution in [0.25, 0.3) is 11.0 Å². The maximum Gasteiger partial charge on any atom is 0.287 e. The van der Waals surface area contributed by atoms with Crippen molar-refractivity contribution < 1.29 is 14.0 Å². The molecule has 2 aromatic rings. The summed E-state index contributed by atoms with van der Waals surface area (Å²) in [5.74, 6) is -0.828. The van der Waals surface area contributed by atoms with Crippen LogP contribution in [0.2, 0.25) is 5.02 Å². The summed E-state index contributed by atoms with van der Waals surface area (Å²) in [5.41, 5.74) is 5.91. The van der Waals surface area contributed by atoms with Crippen molar-refractivity contribution in [3.05, 3.63) is 35.0 Å². The number of para-hydroxylation sites is 1. The van der Waals surface area contributed by atoms with Gasteiger partial charge in [0.1, 0.15) is 0 Å². The van der Waals surface area contributed by atoms with E-state index >= 15 is 0 Å². The van der Waals surface area contributed by atoms with Crippen LogP contribution in [0.15, 0.2) is 28.7 Å². The van der Waals surface area contributed by atoms with Crippen LogP contribution in [0.5, 0.6) is 0 Å². The van der Waals surface area contributed by atoms with Crippen LogP contribution < -0.4 is 11.1 Å². The van der Waals surface area contributed by atoms with Crippen LogP contribution >= 0.6 is 11.6 Å². The number of carbonyl (C=O) groups excluding carboxylic acids is 2. The Bertz CT molecular complexity index is 725. The highest BCUT2D eigenvalue weighted by Crippen LogP contribution is 2.28. The van der Waals surface area contributed by atoms with E-state index in [4.69, 9.17) is 21.8 Å². The lowest BCUT2D eigenvalue weighted by Crippen LogP contribution is -2.47. The number of furan rings is 1. The molecular weight excluding hydrogens is 304 g/mol. The van der Waals surface area contributed by atoms with Gasteiger partial charge < -0.3 is 15.5 Å². The van der Waals surface area contributed by atoms with Crippen molar-refractivity contribution in [1.29, 1.82) is 0 Å². The molecule has 0 aliphatic heterocycles. The Morgan fingerprint density at radius 2 is 2.05 bits per heavy atom. The van der Waals surface area contributed by atoms with Gasteiger partial charge in [-0.2, -0.15) is 0 Å². The first-order valence-corrected chi connectivity index (χ1v) is 7.72. The van der Waals surface area contributed by atoms with E-state index < -0.39 is 0 Å². The van der Waals surface area contributed by atoms with Crippen LogP contribution in [0, 0.1) is 5.92 Å². The van der Waals surface area contributed by atoms with Crippen molar-refractivity contribution >= 4 is 34.4 Å². The Morgan fingerprint density at radius 1 is 1.27 bits per heavy atom. The van der Waals surface area contributed by atoms with Crippen LogP contribution in [-0.2, 0) is 4.79 Å². The average Bonchev–Trinajstić information content (AvgIpc) is 2.93. The van der Waals surface area contributed by atoms with Crippen LogP contribution in [0.3, 0.4) is 0 Å². The van der Waals surface area contributed by atoms with Gasteiger partial charge in [0.25, 0.3) is 5.91 Å². The summed E-state index contributed by atoms with van der Waals surface area (Å²) in [4.78, 5) is 23.9. The third-order valence-electron chi connectivity index (χ3n) is 4.17. The lowest BCUT2D eigenvalue weighted by molar-refractivity contribution is -0.123. The zero-order valence-corrected chi connectivity index (χ0v) is 12.7. The molecule has 1 aliphatic rings. The Balaban J connectivity index is 1.80. The van der Waals surface area contributed by atoms with Crippen LogP contribution in [0.1, 0.15) is 36.2 Å². The molecule has 1 aliphatic carbocycles. The number of fused-ring (bicyclic) bond motifs is 1. The Morgan fingerprint density at radius 3 is 2.77 bits per heavy atom. The molecule has 1 aromatic heterocycles. The molecule has 1 fully saturated rings. The molecule has 1 heterocycles. The molecular formula is C16H17ClN2O3. The third kappa shape index (κ3) is 2.81. The standard InChI is InChI=1S/C16H17ClN2O3/c17-11-6-3-4-9-8-13(22-14(9)11)16(21)19-12-7-2-1-5-10(12)15(18)20/h3-4,6,8,10,12H,1-2,5,7H2,(H2,18,20)(H,19,21). The second kappa shape index (κ2) is 6.01. The van der Waals surface area contributed by atoms with E-state index in [0.29, 0.717) is 17.0 Å². The fourth-order valence-electron chi connectivity index (χ4n) is 3.02. The van der Waals surface area contributed by atoms with Gasteiger partial charge in [0.2, 0.25) is 5.91 Å². The number of amides is 2. The van der Waals surface area contributed by atoms with Crippen LogP contribution in [0.4, 0.5) is 0 Å². The second-order valence-corrected chi connectivity index (χ2v) is 6.05. The van der Waals surface area contributed by atoms with Gasteiger partial charge in [-0.3, -0.25) is 9.59 Å². The number of primary amides is 1. The fraction of sp³-hybridized carbons (Fsp3) is 0.375. The highest BCUT2D eigenvalue weighted by molar-refractivity contribution is 6.34. The minimum atomic E-state index is -0.363. The highest BCUT2D eigenvalue weighted by Gasteiger charge is 2.31. The lowest BCUT2D eigenvalue weighted by atomic mass is 9.84. The SMILES string of the molecule is NC(=O)C1CCCCC1NC(=O)c1cc2cccc(Cl)c2o1. The molecule has 0 radical (unpaired) electrons. The normalized spacial score (nSPS) is 21.7. The predicted molar refractivity (Wildman–Crippen MR) is 83.6 cm³/mol. The number of rotatable bonds is 3. The molecule has 2 atom stereocenters. The molecule has 1 aromatic carbocycles. The Labute approximate surface area is 132 Å². The lowest BCUT2D eigenvalue weighted by Gasteiger charge is -2.29. The maximum absolute atomic E-state index is 12.4. The number of hydrogen-bond donors (Lipinski definition) is 2. The van der Waals surface area contributed by atoms with E-state index in [1.54, 1.807) is 18.2 Å². The Kier molecular flexibility index (Phi) is 4.07. The second-order valence-electron chi connectivity index (χ2n) is 5.64. The molecule has 2 unspecified atom stereocenters. The summed E-state index contributed by atoms with van der Waals surface area (Å²) in [6.07, 6.45) is 3.40. The maximum atomic E-state index is 12.4. The number of benzene rings is 1. The molecule has 0 bridgehead atoms. The molecule has 1 saturated carbocycles. The molecule has 0 saturated heterocycles. The molecule has 116 valence electrons. The van der Waals surface area contributed by atoms with Gasteiger partial charge in [-0.15, -0.1) is 0 Å². The number of halogens is 1. The number of nitrogens with one attached hydrogen (secondary N) is 1. The van der Waals surface area contributed by atoms with Gasteiger partial charge in [0.15, 0.2) is 11.3 Å². The summed E-state index contributed by atoms with van der Waals surface area (Å²) < 4.78 is 5.54. The van der Waals surface area contributed by atoms with Crippen LogP contribution in [-0.4, -0.2) is 17.9 Å². The summed E-state index contributed by atoms with van der Waals surface area (Å²) in [6, 6.07) is 6.75. The Hall–Kier alpha value is -2.01. The third-order valence-corrected chi connectivity index (χ3v) is 4.47. The first-order chi connectivity index (χ1) is 10.6. The number of hydrogen-bond acceptors (Lipinski definition) is 3. The summed E-state index contributed by atoms with van der Waals surface area (Å²) in [6.45, 7) is 0. The average molecular weight is 321 g/mol. The quantitative estimate of drug-likeness (QED) is 0.911. The molecule has 22 heavy (non-hydrogen) atoms. The van der Waals surface area contributed by atoms with Crippen molar-refractivity contribution in [1.82, 2.24) is 5.32 Å². The highest BCUT2D eigenvalue weighted by atomic mass is 35.5. The van der Waals surface area contributed by atoms with E-state index in [1.807, 2.05) is 6.07 Å². The predicted octanol–water partition coefficient (Wildman–Crippen LogP) is 2.86. The van der Waals surface area contributed by atoms with Crippen molar-refractivity contribution in [2.24, 2.45) is 11.7 Å². The van der Waals surface area contributed by atoms with E-state index in [1.165, 1.54) is 0 Å². The van der Waals surface area contributed by atoms with Gasteiger partial charge in [-0.05, 0) is 25.0 Å². The fourth-order valence-corrected chi connectivity index (χ4v) is 3.24. The van der Waals surface area contributed by atoms with Crippen molar-refractivity contribution in [3.63, 3.8) is 0 Å². The number of nitrogens with two attached hydrogens (primary N) is 1. The van der Waals surface area contributed by atoms with E-state index in [9.17, 15) is 9.59 Å². The van der Waals surface area contributed by atoms with Gasteiger partial charge in [-0.1, -0.05) is 36.6 Å². The smallest absolute Gasteiger partial charge is 0.287 e. The molecule has 6 heteroatoms. The molecule has 3 rings (SSSR count). The summed E-state index contributed by atoms with van der Waals surface area (Å²) in [5, 5.41) is 4.10. The van der Waals surface area contributed by atoms with E-state index in [0.717, 1.165) is 24.6 Å². The summed E-state index contributed by atoms with van der Waals surface area (Å²) >= 11 is 6.05. The summed E-state index contributed by atoms with van der Waals surface area (Å²) in [7, 11) is 0. The topological polar surface area (TPSA) is 85.3 Å². The van der Waals surface area contributed by atoms with Crippen molar-refractivity contribution in [2.75, 3.05) is 0 Å². The van der Waals surface area contributed by atoms with E-state index in [-0.39, 0.29) is 29.5 Å². The zero-order chi connectivity index (χ0) is 15.7. The zero-order valence-electron chi connectivity index (χ0n) is 12.0. The van der Waals surface area contributed by atoms with Gasteiger partial charge in [0.05, 0.1) is 10.9 Å². The molecule has 5 nitrogen and oxygen atoms in total.